The second kappa shape index (κ2) is 4.87. The van der Waals surface area contributed by atoms with Gasteiger partial charge in [0.15, 0.2) is 5.82 Å². The molecule has 0 fully saturated rings. The van der Waals surface area contributed by atoms with Crippen LogP contribution in [0.5, 0.6) is 0 Å². The number of hydrogen-bond donors (Lipinski definition) is 0. The fourth-order valence-electron chi connectivity index (χ4n) is 2.19. The highest BCUT2D eigenvalue weighted by molar-refractivity contribution is 14.1. The van der Waals surface area contributed by atoms with Gasteiger partial charge in [0.25, 0.3) is 0 Å². The van der Waals surface area contributed by atoms with E-state index in [1.54, 1.807) is 28.9 Å². The van der Waals surface area contributed by atoms with Crippen molar-refractivity contribution in [3.05, 3.63) is 57.0 Å². The summed E-state index contributed by atoms with van der Waals surface area (Å²) in [6.45, 7) is 1.85. The standard InChI is InChI=1S/C15H9FIN3/c1-9-12-5-6-13(17)14(16)15(12)20(19-9)11-4-2-3-10(7-11)8-18/h2-7H,1H3. The minimum Gasteiger partial charge on any atom is -0.230 e. The maximum absolute atomic E-state index is 14.4. The van der Waals surface area contributed by atoms with Crippen molar-refractivity contribution in [3.63, 3.8) is 0 Å². The van der Waals surface area contributed by atoms with Crippen LogP contribution in [0.2, 0.25) is 0 Å². The van der Waals surface area contributed by atoms with E-state index in [0.29, 0.717) is 20.3 Å². The summed E-state index contributed by atoms with van der Waals surface area (Å²) in [5.74, 6) is -0.286. The maximum atomic E-state index is 14.4. The van der Waals surface area contributed by atoms with Gasteiger partial charge >= 0.3 is 0 Å². The van der Waals surface area contributed by atoms with Crippen LogP contribution in [0.25, 0.3) is 16.6 Å². The fourth-order valence-corrected chi connectivity index (χ4v) is 2.62. The highest BCUT2D eigenvalue weighted by Crippen LogP contribution is 2.27. The van der Waals surface area contributed by atoms with Crippen molar-refractivity contribution >= 4 is 33.5 Å². The molecule has 98 valence electrons. The highest BCUT2D eigenvalue weighted by Gasteiger charge is 2.15. The van der Waals surface area contributed by atoms with Crippen LogP contribution in [0.4, 0.5) is 4.39 Å². The summed E-state index contributed by atoms with van der Waals surface area (Å²) in [7, 11) is 0. The quantitative estimate of drug-likeness (QED) is 0.603. The molecule has 1 heterocycles. The molecule has 0 aliphatic rings. The summed E-state index contributed by atoms with van der Waals surface area (Å²) in [6.07, 6.45) is 0. The number of aromatic nitrogens is 2. The van der Waals surface area contributed by atoms with Crippen LogP contribution in [0.15, 0.2) is 36.4 Å². The van der Waals surface area contributed by atoms with Gasteiger partial charge in [-0.3, -0.25) is 0 Å². The van der Waals surface area contributed by atoms with Gasteiger partial charge in [0.2, 0.25) is 0 Å². The molecule has 0 saturated heterocycles. The minimum atomic E-state index is -0.286. The van der Waals surface area contributed by atoms with Gasteiger partial charge in [0.05, 0.1) is 26.6 Å². The molecule has 3 aromatic rings. The first-order valence-electron chi connectivity index (χ1n) is 5.95. The Kier molecular flexibility index (Phi) is 3.18. The molecule has 0 atom stereocenters. The van der Waals surface area contributed by atoms with E-state index in [-0.39, 0.29) is 5.82 Å². The Labute approximate surface area is 128 Å². The third kappa shape index (κ3) is 1.96. The Morgan fingerprint density at radius 2 is 2.10 bits per heavy atom. The van der Waals surface area contributed by atoms with Crippen molar-refractivity contribution in [2.75, 3.05) is 0 Å². The molecule has 0 unspecified atom stereocenters. The lowest BCUT2D eigenvalue weighted by molar-refractivity contribution is 0.624. The third-order valence-electron chi connectivity index (χ3n) is 3.14. The van der Waals surface area contributed by atoms with Crippen LogP contribution >= 0.6 is 22.6 Å². The molecule has 1 aromatic heterocycles. The van der Waals surface area contributed by atoms with E-state index in [0.717, 1.165) is 11.1 Å². The second-order valence-corrected chi connectivity index (χ2v) is 5.58. The number of nitrogens with zero attached hydrogens (tertiary/aromatic N) is 3. The number of hydrogen-bond acceptors (Lipinski definition) is 2. The zero-order valence-electron chi connectivity index (χ0n) is 10.6. The topological polar surface area (TPSA) is 41.6 Å². The van der Waals surface area contributed by atoms with Gasteiger partial charge in [-0.25, -0.2) is 9.07 Å². The monoisotopic (exact) mass is 377 g/mol. The predicted octanol–water partition coefficient (Wildman–Crippen LogP) is 3.95. The van der Waals surface area contributed by atoms with Gasteiger partial charge in [0, 0.05) is 5.39 Å². The lowest BCUT2D eigenvalue weighted by Gasteiger charge is -2.05. The highest BCUT2D eigenvalue weighted by atomic mass is 127. The molecular weight excluding hydrogens is 368 g/mol. The van der Waals surface area contributed by atoms with Gasteiger partial charge < -0.3 is 0 Å². The summed E-state index contributed by atoms with van der Waals surface area (Å²) in [5.41, 5.74) is 2.42. The molecule has 3 rings (SSSR count). The predicted molar refractivity (Wildman–Crippen MR) is 83.2 cm³/mol. The van der Waals surface area contributed by atoms with Crippen LogP contribution in [-0.2, 0) is 0 Å². The van der Waals surface area contributed by atoms with E-state index < -0.39 is 0 Å². The first kappa shape index (κ1) is 13.1. The summed E-state index contributed by atoms with van der Waals surface area (Å²) >= 11 is 1.96. The van der Waals surface area contributed by atoms with Crippen molar-refractivity contribution in [1.82, 2.24) is 9.78 Å². The molecule has 0 aliphatic heterocycles. The number of fused-ring (bicyclic) bond motifs is 1. The van der Waals surface area contributed by atoms with Gasteiger partial charge in [-0.05, 0) is 59.8 Å². The molecule has 2 aromatic carbocycles. The van der Waals surface area contributed by atoms with Gasteiger partial charge in [-0.1, -0.05) is 6.07 Å². The number of rotatable bonds is 1. The number of halogens is 2. The number of benzene rings is 2. The first-order chi connectivity index (χ1) is 9.61. The van der Waals surface area contributed by atoms with Crippen molar-refractivity contribution in [2.24, 2.45) is 0 Å². The number of aryl methyl sites for hydroxylation is 1. The molecular formula is C15H9FIN3. The van der Waals surface area contributed by atoms with Crippen LogP contribution < -0.4 is 0 Å². The molecule has 0 amide bonds. The SMILES string of the molecule is Cc1nn(-c2cccc(C#N)c2)c2c(F)c(I)ccc12. The molecule has 0 bridgehead atoms. The van der Waals surface area contributed by atoms with E-state index >= 15 is 0 Å². The third-order valence-corrected chi connectivity index (χ3v) is 3.97. The lowest BCUT2D eigenvalue weighted by Crippen LogP contribution is -1.99. The Bertz CT molecular complexity index is 861. The molecule has 0 N–H and O–H groups in total. The summed E-state index contributed by atoms with van der Waals surface area (Å²) in [6, 6.07) is 12.7. The molecule has 3 nitrogen and oxygen atoms in total. The van der Waals surface area contributed by atoms with Crippen molar-refractivity contribution in [1.29, 1.82) is 5.26 Å². The molecule has 0 saturated carbocycles. The smallest absolute Gasteiger partial charge is 0.162 e. The van der Waals surface area contributed by atoms with Crippen molar-refractivity contribution in [3.8, 4) is 11.8 Å². The summed E-state index contributed by atoms with van der Waals surface area (Å²) < 4.78 is 16.5. The van der Waals surface area contributed by atoms with E-state index in [4.69, 9.17) is 5.26 Å². The van der Waals surface area contributed by atoms with Crippen molar-refractivity contribution in [2.45, 2.75) is 6.92 Å². The Morgan fingerprint density at radius 1 is 1.30 bits per heavy atom. The van der Waals surface area contributed by atoms with Crippen LogP contribution in [-0.4, -0.2) is 9.78 Å². The van der Waals surface area contributed by atoms with Crippen LogP contribution in [0.3, 0.4) is 0 Å². The van der Waals surface area contributed by atoms with E-state index in [2.05, 4.69) is 11.2 Å². The van der Waals surface area contributed by atoms with E-state index in [9.17, 15) is 4.39 Å². The van der Waals surface area contributed by atoms with E-state index in [1.807, 2.05) is 41.6 Å². The van der Waals surface area contributed by atoms with E-state index in [1.165, 1.54) is 0 Å². The van der Waals surface area contributed by atoms with Gasteiger partial charge in [-0.15, -0.1) is 0 Å². The average Bonchev–Trinajstić information content (AvgIpc) is 2.81. The average molecular weight is 377 g/mol. The normalized spacial score (nSPS) is 10.7. The minimum absolute atomic E-state index is 0.286. The van der Waals surface area contributed by atoms with Crippen LogP contribution in [0, 0.1) is 27.6 Å². The second-order valence-electron chi connectivity index (χ2n) is 4.42. The molecule has 0 spiro atoms. The molecule has 0 radical (unpaired) electrons. The Hall–Kier alpha value is -1.94. The Morgan fingerprint density at radius 3 is 2.85 bits per heavy atom. The van der Waals surface area contributed by atoms with Gasteiger partial charge in [-0.2, -0.15) is 10.4 Å². The van der Waals surface area contributed by atoms with Crippen LogP contribution in [0.1, 0.15) is 11.3 Å². The molecule has 20 heavy (non-hydrogen) atoms. The molecule has 5 heteroatoms. The molecule has 0 aliphatic carbocycles. The Balaban J connectivity index is 2.37. The largest absolute Gasteiger partial charge is 0.230 e. The van der Waals surface area contributed by atoms with Gasteiger partial charge in [0.1, 0.15) is 5.52 Å². The number of nitriles is 1. The zero-order chi connectivity index (χ0) is 14.3. The summed E-state index contributed by atoms with van der Waals surface area (Å²) in [5, 5.41) is 14.2. The fraction of sp³-hybridized carbons (Fsp3) is 0.0667. The summed E-state index contributed by atoms with van der Waals surface area (Å²) in [4.78, 5) is 0. The maximum Gasteiger partial charge on any atom is 0.162 e. The van der Waals surface area contributed by atoms with Crippen molar-refractivity contribution < 1.29 is 4.39 Å². The lowest BCUT2D eigenvalue weighted by atomic mass is 10.2. The first-order valence-corrected chi connectivity index (χ1v) is 7.03. The zero-order valence-corrected chi connectivity index (χ0v) is 12.7.